The van der Waals surface area contributed by atoms with Gasteiger partial charge in [-0.2, -0.15) is 0 Å². The summed E-state index contributed by atoms with van der Waals surface area (Å²) in [7, 11) is 4.74. The van der Waals surface area contributed by atoms with Crippen LogP contribution in [0.25, 0.3) is 0 Å². The predicted octanol–water partition coefficient (Wildman–Crippen LogP) is 4.04. The number of anilines is 1. The lowest BCUT2D eigenvalue weighted by Gasteiger charge is -2.17. The van der Waals surface area contributed by atoms with Gasteiger partial charge in [0.2, 0.25) is 11.8 Å². The van der Waals surface area contributed by atoms with E-state index in [1.54, 1.807) is 51.6 Å². The Bertz CT molecular complexity index is 858. The average molecular weight is 425 g/mol. The number of aryl methyl sites for hydroxylation is 1. The smallest absolute Gasteiger partial charge is 0.243 e. The molecular weight excluding hydrogens is 403 g/mol. The topological polar surface area (TPSA) is 67.9 Å². The second-order valence-electron chi connectivity index (χ2n) is 6.10. The zero-order valence-corrected chi connectivity index (χ0v) is 17.4. The third-order valence-electron chi connectivity index (χ3n) is 4.11. The van der Waals surface area contributed by atoms with Gasteiger partial charge in [-0.1, -0.05) is 23.2 Å². The van der Waals surface area contributed by atoms with Gasteiger partial charge in [0.1, 0.15) is 11.5 Å². The number of carbonyl (C=O) groups is 2. The molecule has 0 aromatic heterocycles. The monoisotopic (exact) mass is 424 g/mol. The van der Waals surface area contributed by atoms with Crippen molar-refractivity contribution in [1.29, 1.82) is 0 Å². The molecule has 0 heterocycles. The minimum absolute atomic E-state index is 0.0751. The van der Waals surface area contributed by atoms with Crippen LogP contribution in [-0.2, 0) is 16.0 Å². The summed E-state index contributed by atoms with van der Waals surface area (Å²) in [5.74, 6) is 0.897. The first kappa shape index (κ1) is 21.9. The third-order valence-corrected chi connectivity index (χ3v) is 4.84. The quantitative estimate of drug-likeness (QED) is 0.693. The first-order valence-corrected chi connectivity index (χ1v) is 9.29. The number of nitrogens with one attached hydrogen (secondary N) is 1. The maximum atomic E-state index is 12.4. The van der Waals surface area contributed by atoms with Gasteiger partial charge in [0.05, 0.1) is 30.8 Å². The molecular formula is C20H22Cl2N2O4. The molecule has 0 aliphatic carbocycles. The highest BCUT2D eigenvalue weighted by Gasteiger charge is 2.15. The summed E-state index contributed by atoms with van der Waals surface area (Å²) in [6.45, 7) is -0.0751. The van der Waals surface area contributed by atoms with Gasteiger partial charge in [-0.15, -0.1) is 0 Å². The van der Waals surface area contributed by atoms with Gasteiger partial charge in [0.15, 0.2) is 0 Å². The first-order valence-electron chi connectivity index (χ1n) is 8.53. The molecule has 2 aromatic carbocycles. The van der Waals surface area contributed by atoms with Crippen molar-refractivity contribution in [1.82, 2.24) is 4.90 Å². The normalized spacial score (nSPS) is 10.3. The molecule has 2 rings (SSSR count). The number of carbonyl (C=O) groups excluding carboxylic acids is 2. The van der Waals surface area contributed by atoms with Crippen LogP contribution in [0.3, 0.4) is 0 Å². The lowest BCUT2D eigenvalue weighted by Crippen LogP contribution is -2.35. The van der Waals surface area contributed by atoms with Crippen molar-refractivity contribution in [2.24, 2.45) is 0 Å². The van der Waals surface area contributed by atoms with Crippen LogP contribution >= 0.6 is 23.2 Å². The Morgan fingerprint density at radius 3 is 2.43 bits per heavy atom. The van der Waals surface area contributed by atoms with Crippen LogP contribution in [0.5, 0.6) is 11.5 Å². The summed E-state index contributed by atoms with van der Waals surface area (Å²) in [4.78, 5) is 25.9. The van der Waals surface area contributed by atoms with Gasteiger partial charge in [0, 0.05) is 19.2 Å². The molecule has 2 amide bonds. The minimum atomic E-state index is -0.326. The van der Waals surface area contributed by atoms with E-state index >= 15 is 0 Å². The Hall–Kier alpha value is -2.44. The molecule has 150 valence electrons. The van der Waals surface area contributed by atoms with Crippen LogP contribution in [0.4, 0.5) is 5.69 Å². The lowest BCUT2D eigenvalue weighted by atomic mass is 10.1. The molecule has 6 nitrogen and oxygen atoms in total. The molecule has 0 bridgehead atoms. The number of methoxy groups -OCH3 is 2. The molecule has 28 heavy (non-hydrogen) atoms. The van der Waals surface area contributed by atoms with E-state index in [-0.39, 0.29) is 24.8 Å². The number of amides is 2. The number of likely N-dealkylation sites (N-methyl/N-ethyl adjacent to an activating group) is 1. The van der Waals surface area contributed by atoms with Gasteiger partial charge in [-0.05, 0) is 48.4 Å². The number of benzene rings is 2. The molecule has 0 aliphatic rings. The Morgan fingerprint density at radius 1 is 1.04 bits per heavy atom. The van der Waals surface area contributed by atoms with Crippen molar-refractivity contribution >= 4 is 40.7 Å². The first-order chi connectivity index (χ1) is 13.3. The zero-order valence-electron chi connectivity index (χ0n) is 15.9. The van der Waals surface area contributed by atoms with Gasteiger partial charge in [-0.3, -0.25) is 9.59 Å². The van der Waals surface area contributed by atoms with E-state index in [1.807, 2.05) is 6.07 Å². The van der Waals surface area contributed by atoms with Crippen LogP contribution in [-0.4, -0.2) is 44.5 Å². The fourth-order valence-electron chi connectivity index (χ4n) is 2.59. The maximum absolute atomic E-state index is 12.4. The number of rotatable bonds is 8. The van der Waals surface area contributed by atoms with Gasteiger partial charge >= 0.3 is 0 Å². The molecule has 0 spiro atoms. The predicted molar refractivity (Wildman–Crippen MR) is 111 cm³/mol. The summed E-state index contributed by atoms with van der Waals surface area (Å²) in [5.41, 5.74) is 1.38. The SMILES string of the molecule is COc1ccc(OC)c(CCC(=O)N(C)CC(=O)Nc2ccc(Cl)c(Cl)c2)c1. The molecule has 1 N–H and O–H groups in total. The van der Waals surface area contributed by atoms with Crippen LogP contribution in [0, 0.1) is 0 Å². The fraction of sp³-hybridized carbons (Fsp3) is 0.300. The summed E-state index contributed by atoms with van der Waals surface area (Å²) < 4.78 is 10.5. The molecule has 0 saturated carbocycles. The molecule has 0 aliphatic heterocycles. The van der Waals surface area contributed by atoms with Gasteiger partial charge in [-0.25, -0.2) is 0 Å². The number of ether oxygens (including phenoxy) is 2. The van der Waals surface area contributed by atoms with Crippen LogP contribution in [0.15, 0.2) is 36.4 Å². The number of hydrogen-bond acceptors (Lipinski definition) is 4. The number of halogens is 2. The van der Waals surface area contributed by atoms with Crippen LogP contribution in [0.2, 0.25) is 10.0 Å². The van der Waals surface area contributed by atoms with Crippen molar-refractivity contribution in [2.45, 2.75) is 12.8 Å². The van der Waals surface area contributed by atoms with Crippen molar-refractivity contribution < 1.29 is 19.1 Å². The van der Waals surface area contributed by atoms with Gasteiger partial charge < -0.3 is 19.7 Å². The van der Waals surface area contributed by atoms with Gasteiger partial charge in [0.25, 0.3) is 0 Å². The molecule has 0 unspecified atom stereocenters. The van der Waals surface area contributed by atoms with Crippen molar-refractivity contribution in [3.63, 3.8) is 0 Å². The fourth-order valence-corrected chi connectivity index (χ4v) is 2.89. The Morgan fingerprint density at radius 2 is 1.79 bits per heavy atom. The van der Waals surface area contributed by atoms with Crippen molar-refractivity contribution in [3.05, 3.63) is 52.0 Å². The highest BCUT2D eigenvalue weighted by Crippen LogP contribution is 2.26. The van der Waals surface area contributed by atoms with E-state index in [0.717, 1.165) is 5.56 Å². The molecule has 0 radical (unpaired) electrons. The highest BCUT2D eigenvalue weighted by atomic mass is 35.5. The second-order valence-corrected chi connectivity index (χ2v) is 6.92. The zero-order chi connectivity index (χ0) is 20.7. The van der Waals surface area contributed by atoms with E-state index in [2.05, 4.69) is 5.32 Å². The summed E-state index contributed by atoms with van der Waals surface area (Å²) in [6, 6.07) is 10.2. The maximum Gasteiger partial charge on any atom is 0.243 e. The third kappa shape index (κ3) is 6.04. The Labute approximate surface area is 174 Å². The standard InChI is InChI=1S/C20H22Cl2N2O4/c1-24(12-19(25)23-14-5-7-16(21)17(22)11-14)20(26)9-4-13-10-15(27-2)6-8-18(13)28-3/h5-8,10-11H,4,9,12H2,1-3H3,(H,23,25). The van der Waals surface area contributed by atoms with E-state index in [1.165, 1.54) is 4.90 Å². The molecule has 8 heteroatoms. The number of hydrogen-bond donors (Lipinski definition) is 1. The van der Waals surface area contributed by atoms with Crippen LogP contribution < -0.4 is 14.8 Å². The largest absolute Gasteiger partial charge is 0.497 e. The van der Waals surface area contributed by atoms with Crippen LogP contribution in [0.1, 0.15) is 12.0 Å². The molecule has 0 fully saturated rings. The van der Waals surface area contributed by atoms with Crippen molar-refractivity contribution in [2.75, 3.05) is 33.1 Å². The Balaban J connectivity index is 1.90. The minimum Gasteiger partial charge on any atom is -0.497 e. The molecule has 0 atom stereocenters. The Kier molecular flexibility index (Phi) is 7.96. The van der Waals surface area contributed by atoms with E-state index in [4.69, 9.17) is 32.7 Å². The summed E-state index contributed by atoms with van der Waals surface area (Å²) in [6.07, 6.45) is 0.706. The molecule has 0 saturated heterocycles. The van der Waals surface area contributed by atoms with E-state index in [9.17, 15) is 9.59 Å². The van der Waals surface area contributed by atoms with E-state index in [0.29, 0.717) is 33.7 Å². The van der Waals surface area contributed by atoms with E-state index < -0.39 is 0 Å². The number of nitrogens with zero attached hydrogens (tertiary/aromatic N) is 1. The highest BCUT2D eigenvalue weighted by molar-refractivity contribution is 6.42. The average Bonchev–Trinajstić information content (AvgIpc) is 2.68. The lowest BCUT2D eigenvalue weighted by molar-refractivity contribution is -0.133. The van der Waals surface area contributed by atoms with Crippen molar-refractivity contribution in [3.8, 4) is 11.5 Å². The molecule has 2 aromatic rings. The summed E-state index contributed by atoms with van der Waals surface area (Å²) >= 11 is 11.8. The summed E-state index contributed by atoms with van der Waals surface area (Å²) in [5, 5.41) is 3.44. The second kappa shape index (κ2) is 10.2.